The number of hydrogen-bond donors (Lipinski definition) is 1. The molecule has 0 radical (unpaired) electrons. The predicted molar refractivity (Wildman–Crippen MR) is 85.5 cm³/mol. The lowest BCUT2D eigenvalue weighted by Crippen LogP contribution is -2.45. The summed E-state index contributed by atoms with van der Waals surface area (Å²) in [6.07, 6.45) is 2.92. The van der Waals surface area contributed by atoms with E-state index in [9.17, 15) is 9.18 Å². The molecule has 2 atom stereocenters. The Balaban J connectivity index is 1.59. The average molecular weight is 354 g/mol. The molecule has 1 aromatic heterocycles. The zero-order chi connectivity index (χ0) is 17.1. The fourth-order valence-corrected chi connectivity index (χ4v) is 2.73. The molecule has 0 aliphatic carbocycles. The van der Waals surface area contributed by atoms with Crippen LogP contribution < -0.4 is 10.1 Å². The third-order valence-electron chi connectivity index (χ3n) is 3.73. The van der Waals surface area contributed by atoms with Crippen LogP contribution in [0.1, 0.15) is 5.56 Å². The number of carbonyl (C=O) groups excluding carboxylic acids is 1. The van der Waals surface area contributed by atoms with Crippen LogP contribution in [0.2, 0.25) is 5.02 Å². The largest absolute Gasteiger partial charge is 0.482 e. The molecule has 1 N–H and O–H groups in total. The normalized spacial score (nSPS) is 20.1. The number of nitrogens with one attached hydrogen (secondary N) is 1. The van der Waals surface area contributed by atoms with Gasteiger partial charge in [-0.3, -0.25) is 9.48 Å². The van der Waals surface area contributed by atoms with Crippen LogP contribution in [-0.4, -0.2) is 41.0 Å². The van der Waals surface area contributed by atoms with Crippen LogP contribution in [0, 0.1) is 5.82 Å². The Bertz CT molecular complexity index is 737. The Morgan fingerprint density at radius 2 is 2.38 bits per heavy atom. The van der Waals surface area contributed by atoms with Gasteiger partial charge in [0, 0.05) is 7.05 Å². The minimum absolute atomic E-state index is 0.00212. The smallest absolute Gasteiger partial charge is 0.224 e. The molecule has 1 aromatic carbocycles. The van der Waals surface area contributed by atoms with Crippen molar-refractivity contribution in [3.8, 4) is 5.75 Å². The summed E-state index contributed by atoms with van der Waals surface area (Å²) in [6, 6.07) is 4.29. The Morgan fingerprint density at radius 3 is 3.12 bits per heavy atom. The van der Waals surface area contributed by atoms with Gasteiger partial charge in [-0.15, -0.1) is 0 Å². The van der Waals surface area contributed by atoms with Crippen molar-refractivity contribution in [2.45, 2.75) is 18.6 Å². The molecule has 0 bridgehead atoms. The summed E-state index contributed by atoms with van der Waals surface area (Å²) in [6.45, 7) is 0.708. The minimum atomic E-state index is -0.569. The number of nitrogens with zero attached hydrogens (tertiary/aromatic N) is 2. The van der Waals surface area contributed by atoms with E-state index in [0.717, 1.165) is 0 Å². The van der Waals surface area contributed by atoms with Crippen molar-refractivity contribution in [1.29, 1.82) is 0 Å². The molecule has 1 saturated heterocycles. The molecule has 6 nitrogen and oxygen atoms in total. The number of benzene rings is 1. The van der Waals surface area contributed by atoms with Gasteiger partial charge in [0.25, 0.3) is 0 Å². The maximum atomic E-state index is 13.9. The first-order valence-corrected chi connectivity index (χ1v) is 7.86. The fourth-order valence-electron chi connectivity index (χ4n) is 2.54. The molecule has 1 amide bonds. The van der Waals surface area contributed by atoms with Crippen molar-refractivity contribution in [1.82, 2.24) is 15.1 Å². The van der Waals surface area contributed by atoms with E-state index in [0.29, 0.717) is 19.0 Å². The van der Waals surface area contributed by atoms with Crippen molar-refractivity contribution < 1.29 is 18.7 Å². The lowest BCUT2D eigenvalue weighted by atomic mass is 10.1. The van der Waals surface area contributed by atoms with E-state index in [-0.39, 0.29) is 35.1 Å². The van der Waals surface area contributed by atoms with Gasteiger partial charge in [-0.25, -0.2) is 4.39 Å². The SMILES string of the molecule is Cn1cc(O[C@@H]2COC[C@@H]2NC(=O)Cc2cccc(Cl)c2F)cn1. The molecule has 1 aliphatic rings. The molecular weight excluding hydrogens is 337 g/mol. The number of carbonyl (C=O) groups is 1. The molecule has 3 rings (SSSR count). The van der Waals surface area contributed by atoms with E-state index < -0.39 is 5.82 Å². The summed E-state index contributed by atoms with van der Waals surface area (Å²) >= 11 is 5.73. The van der Waals surface area contributed by atoms with Crippen molar-refractivity contribution in [2.75, 3.05) is 13.2 Å². The first kappa shape index (κ1) is 16.7. The molecule has 24 heavy (non-hydrogen) atoms. The molecule has 0 unspecified atom stereocenters. The highest BCUT2D eigenvalue weighted by molar-refractivity contribution is 6.30. The van der Waals surface area contributed by atoms with Crippen LogP contribution in [-0.2, 0) is 23.0 Å². The highest BCUT2D eigenvalue weighted by atomic mass is 35.5. The highest BCUT2D eigenvalue weighted by Gasteiger charge is 2.31. The molecule has 8 heteroatoms. The quantitative estimate of drug-likeness (QED) is 0.889. The molecular formula is C16H17ClFN3O3. The highest BCUT2D eigenvalue weighted by Crippen LogP contribution is 2.19. The second kappa shape index (κ2) is 7.19. The topological polar surface area (TPSA) is 65.4 Å². The van der Waals surface area contributed by atoms with E-state index in [1.165, 1.54) is 12.1 Å². The van der Waals surface area contributed by atoms with E-state index >= 15 is 0 Å². The summed E-state index contributed by atoms with van der Waals surface area (Å²) < 4.78 is 26.7. The second-order valence-corrected chi connectivity index (χ2v) is 6.01. The minimum Gasteiger partial charge on any atom is -0.482 e. The van der Waals surface area contributed by atoms with Gasteiger partial charge in [-0.1, -0.05) is 23.7 Å². The van der Waals surface area contributed by atoms with Crippen molar-refractivity contribution in [3.05, 3.63) is 47.0 Å². The zero-order valence-electron chi connectivity index (χ0n) is 13.0. The number of hydrogen-bond acceptors (Lipinski definition) is 4. The van der Waals surface area contributed by atoms with Gasteiger partial charge in [-0.2, -0.15) is 5.10 Å². The Labute approximate surface area is 143 Å². The van der Waals surface area contributed by atoms with Crippen LogP contribution >= 0.6 is 11.6 Å². The summed E-state index contributed by atoms with van der Waals surface area (Å²) in [5.74, 6) is -0.278. The number of aryl methyl sites for hydroxylation is 1. The molecule has 2 aromatic rings. The van der Waals surface area contributed by atoms with Gasteiger partial charge in [0.05, 0.1) is 43.1 Å². The van der Waals surface area contributed by atoms with E-state index in [1.807, 2.05) is 0 Å². The van der Waals surface area contributed by atoms with Crippen molar-refractivity contribution in [3.63, 3.8) is 0 Å². The lowest BCUT2D eigenvalue weighted by Gasteiger charge is -2.19. The number of ether oxygens (including phenoxy) is 2. The second-order valence-electron chi connectivity index (χ2n) is 5.61. The molecule has 1 aliphatic heterocycles. The summed E-state index contributed by atoms with van der Waals surface area (Å²) in [7, 11) is 1.79. The first-order chi connectivity index (χ1) is 11.5. The number of rotatable bonds is 5. The maximum absolute atomic E-state index is 13.9. The van der Waals surface area contributed by atoms with Gasteiger partial charge in [-0.05, 0) is 11.6 Å². The molecule has 128 valence electrons. The predicted octanol–water partition coefficient (Wildman–Crippen LogP) is 1.72. The Hall–Kier alpha value is -2.12. The summed E-state index contributed by atoms with van der Waals surface area (Å²) in [5, 5.41) is 6.86. The lowest BCUT2D eigenvalue weighted by molar-refractivity contribution is -0.121. The van der Waals surface area contributed by atoms with Gasteiger partial charge in [0.1, 0.15) is 11.9 Å². The van der Waals surface area contributed by atoms with Crippen LogP contribution in [0.4, 0.5) is 4.39 Å². The van der Waals surface area contributed by atoms with Crippen LogP contribution in [0.3, 0.4) is 0 Å². The van der Waals surface area contributed by atoms with E-state index in [1.54, 1.807) is 30.2 Å². The zero-order valence-corrected chi connectivity index (χ0v) is 13.8. The van der Waals surface area contributed by atoms with Gasteiger partial charge >= 0.3 is 0 Å². The van der Waals surface area contributed by atoms with Gasteiger partial charge in [0.2, 0.25) is 5.91 Å². The Kier molecular flexibility index (Phi) is 5.01. The van der Waals surface area contributed by atoms with E-state index in [2.05, 4.69) is 10.4 Å². The molecule has 1 fully saturated rings. The average Bonchev–Trinajstić information content (AvgIpc) is 3.14. The summed E-state index contributed by atoms with van der Waals surface area (Å²) in [5.41, 5.74) is 0.253. The molecule has 0 spiro atoms. The monoisotopic (exact) mass is 353 g/mol. The number of amides is 1. The van der Waals surface area contributed by atoms with Crippen molar-refractivity contribution in [2.24, 2.45) is 7.05 Å². The maximum Gasteiger partial charge on any atom is 0.224 e. The fraction of sp³-hybridized carbons (Fsp3) is 0.375. The first-order valence-electron chi connectivity index (χ1n) is 7.48. The van der Waals surface area contributed by atoms with Crippen molar-refractivity contribution >= 4 is 17.5 Å². The van der Waals surface area contributed by atoms with Crippen LogP contribution in [0.5, 0.6) is 5.75 Å². The number of aromatic nitrogens is 2. The molecule has 0 saturated carbocycles. The van der Waals surface area contributed by atoms with Gasteiger partial charge in [0.15, 0.2) is 5.75 Å². The van der Waals surface area contributed by atoms with Gasteiger partial charge < -0.3 is 14.8 Å². The van der Waals surface area contributed by atoms with E-state index in [4.69, 9.17) is 21.1 Å². The van der Waals surface area contributed by atoms with Crippen LogP contribution in [0.25, 0.3) is 0 Å². The Morgan fingerprint density at radius 1 is 1.54 bits per heavy atom. The number of halogens is 2. The molecule has 2 heterocycles. The summed E-state index contributed by atoms with van der Waals surface area (Å²) in [4.78, 5) is 12.2. The standard InChI is InChI=1S/C16H17ClFN3O3/c1-21-7-11(6-19-21)24-14-9-23-8-13(14)20-15(22)5-10-3-2-4-12(17)16(10)18/h2-4,6-7,13-14H,5,8-9H2,1H3,(H,20,22)/t13-,14+/m0/s1. The third-order valence-corrected chi connectivity index (χ3v) is 4.02. The third kappa shape index (κ3) is 3.85. The van der Waals surface area contributed by atoms with Crippen LogP contribution in [0.15, 0.2) is 30.6 Å².